The van der Waals surface area contributed by atoms with E-state index in [1.807, 2.05) is 17.0 Å². The maximum absolute atomic E-state index is 13.8. The van der Waals surface area contributed by atoms with E-state index in [1.54, 1.807) is 24.3 Å². The van der Waals surface area contributed by atoms with Crippen molar-refractivity contribution in [2.45, 2.75) is 89.3 Å². The van der Waals surface area contributed by atoms with Gasteiger partial charge in [-0.15, -0.1) is 12.4 Å². The molecule has 2 heterocycles. The van der Waals surface area contributed by atoms with Gasteiger partial charge in [-0.05, 0) is 73.6 Å². The lowest BCUT2D eigenvalue weighted by atomic mass is 9.79. The maximum Gasteiger partial charge on any atom is 0.337 e. The second-order valence-electron chi connectivity index (χ2n) is 12.2. The number of rotatable bonds is 10. The molecule has 3 fully saturated rings. The van der Waals surface area contributed by atoms with Crippen molar-refractivity contribution in [1.29, 1.82) is 0 Å². The van der Waals surface area contributed by atoms with Crippen LogP contribution in [0.3, 0.4) is 0 Å². The zero-order valence-electron chi connectivity index (χ0n) is 25.5. The number of nitrogens with one attached hydrogen (secondary N) is 1. The maximum atomic E-state index is 13.8. The highest BCUT2D eigenvalue weighted by molar-refractivity contribution is 6.00. The Labute approximate surface area is 261 Å². The molecule has 1 saturated carbocycles. The molecule has 9 heteroatoms. The molecule has 2 aromatic carbocycles. The van der Waals surface area contributed by atoms with Crippen LogP contribution in [0.4, 0.5) is 0 Å². The molecular formula is C34H46ClN3O5. The lowest BCUT2D eigenvalue weighted by Gasteiger charge is -2.52. The van der Waals surface area contributed by atoms with Gasteiger partial charge in [0.1, 0.15) is 23.1 Å². The van der Waals surface area contributed by atoms with Crippen LogP contribution in [0.1, 0.15) is 87.1 Å². The van der Waals surface area contributed by atoms with Crippen LogP contribution in [-0.4, -0.2) is 65.9 Å². The minimum Gasteiger partial charge on any atom is -0.465 e. The quantitative estimate of drug-likeness (QED) is 0.326. The first-order chi connectivity index (χ1) is 20.4. The highest BCUT2D eigenvalue weighted by Gasteiger charge is 2.53. The Morgan fingerprint density at radius 2 is 1.58 bits per heavy atom. The van der Waals surface area contributed by atoms with Crippen LogP contribution in [0.2, 0.25) is 0 Å². The summed E-state index contributed by atoms with van der Waals surface area (Å²) in [4.78, 5) is 43.5. The lowest BCUT2D eigenvalue weighted by molar-refractivity contribution is -0.162. The van der Waals surface area contributed by atoms with Gasteiger partial charge < -0.3 is 19.7 Å². The fraction of sp³-hybridized carbons (Fsp3) is 0.559. The summed E-state index contributed by atoms with van der Waals surface area (Å²) < 4.78 is 10.7. The molecule has 1 N–H and O–H groups in total. The number of carbonyl (C=O) groups is 3. The second kappa shape index (κ2) is 15.1. The number of methoxy groups -OCH3 is 1. The smallest absolute Gasteiger partial charge is 0.337 e. The Balaban J connectivity index is 0.00000423. The average molecular weight is 612 g/mol. The normalized spacial score (nSPS) is 20.8. The summed E-state index contributed by atoms with van der Waals surface area (Å²) in [6.45, 7) is 5.11. The molecule has 0 radical (unpaired) electrons. The van der Waals surface area contributed by atoms with E-state index in [-0.39, 0.29) is 36.2 Å². The Bertz CT molecular complexity index is 1220. The number of benzene rings is 2. The topological polar surface area (TPSA) is 88.2 Å². The van der Waals surface area contributed by atoms with E-state index in [0.717, 1.165) is 38.9 Å². The molecule has 0 unspecified atom stereocenters. The molecule has 43 heavy (non-hydrogen) atoms. The zero-order valence-corrected chi connectivity index (χ0v) is 26.3. The van der Waals surface area contributed by atoms with Crippen LogP contribution >= 0.6 is 12.4 Å². The number of hydrogen-bond acceptors (Lipinski definition) is 6. The number of ether oxygens (including phenoxy) is 2. The first-order valence-corrected chi connectivity index (χ1v) is 15.7. The van der Waals surface area contributed by atoms with Crippen molar-refractivity contribution in [2.75, 3.05) is 26.7 Å². The summed E-state index contributed by atoms with van der Waals surface area (Å²) in [6.07, 6.45) is 10.1. The van der Waals surface area contributed by atoms with Gasteiger partial charge in [-0.1, -0.05) is 57.6 Å². The number of amides is 2. The SMILES string of the molecule is CCCCN1C(=O)[C@H](CC2CCCCC2)NC(=O)C12CCN(Cc1ccc(Oc3ccc(C(=O)OC)cc3)cc1)CC2.Cl. The monoisotopic (exact) mass is 611 g/mol. The predicted octanol–water partition coefficient (Wildman–Crippen LogP) is 6.12. The highest BCUT2D eigenvalue weighted by Crippen LogP contribution is 2.36. The van der Waals surface area contributed by atoms with Crippen molar-refractivity contribution in [2.24, 2.45) is 5.92 Å². The number of carbonyl (C=O) groups excluding carboxylic acids is 3. The van der Waals surface area contributed by atoms with Crippen molar-refractivity contribution < 1.29 is 23.9 Å². The number of piperazine rings is 1. The Morgan fingerprint density at radius 3 is 2.19 bits per heavy atom. The van der Waals surface area contributed by atoms with Crippen LogP contribution in [-0.2, 0) is 20.9 Å². The van der Waals surface area contributed by atoms with Crippen molar-refractivity contribution in [3.8, 4) is 11.5 Å². The molecule has 2 aromatic rings. The largest absolute Gasteiger partial charge is 0.465 e. The molecule has 2 aliphatic heterocycles. The number of halogens is 1. The third-order valence-corrected chi connectivity index (χ3v) is 9.36. The zero-order chi connectivity index (χ0) is 29.5. The number of esters is 1. The second-order valence-corrected chi connectivity index (χ2v) is 12.2. The van der Waals surface area contributed by atoms with E-state index >= 15 is 0 Å². The minimum atomic E-state index is -0.729. The Hall–Kier alpha value is -3.10. The minimum absolute atomic E-state index is 0. The van der Waals surface area contributed by atoms with Crippen LogP contribution in [0.15, 0.2) is 48.5 Å². The van der Waals surface area contributed by atoms with Crippen molar-refractivity contribution in [3.05, 3.63) is 59.7 Å². The molecular weight excluding hydrogens is 566 g/mol. The fourth-order valence-corrected chi connectivity index (χ4v) is 6.84. The van der Waals surface area contributed by atoms with Gasteiger partial charge in [-0.25, -0.2) is 4.79 Å². The van der Waals surface area contributed by atoms with Gasteiger partial charge in [0, 0.05) is 26.2 Å². The number of likely N-dealkylation sites (tertiary alicyclic amines) is 1. The molecule has 5 rings (SSSR count). The van der Waals surface area contributed by atoms with Crippen molar-refractivity contribution >= 4 is 30.2 Å². The molecule has 3 aliphatic rings. The first kappa shape index (κ1) is 32.8. The van der Waals surface area contributed by atoms with Crippen molar-refractivity contribution in [1.82, 2.24) is 15.1 Å². The van der Waals surface area contributed by atoms with Crippen molar-refractivity contribution in [3.63, 3.8) is 0 Å². The summed E-state index contributed by atoms with van der Waals surface area (Å²) in [5.74, 6) is 1.72. The Kier molecular flexibility index (Phi) is 11.5. The molecule has 2 saturated heterocycles. The van der Waals surface area contributed by atoms with E-state index in [4.69, 9.17) is 9.47 Å². The first-order valence-electron chi connectivity index (χ1n) is 15.7. The van der Waals surface area contributed by atoms with Gasteiger partial charge in [-0.2, -0.15) is 0 Å². The summed E-state index contributed by atoms with van der Waals surface area (Å²) in [6, 6.07) is 14.5. The van der Waals surface area contributed by atoms with E-state index in [0.29, 0.717) is 42.4 Å². The third-order valence-electron chi connectivity index (χ3n) is 9.36. The molecule has 1 atom stereocenters. The number of nitrogens with zero attached hydrogens (tertiary/aromatic N) is 2. The predicted molar refractivity (Wildman–Crippen MR) is 169 cm³/mol. The summed E-state index contributed by atoms with van der Waals surface area (Å²) in [5.41, 5.74) is 0.914. The van der Waals surface area contributed by atoms with Crippen LogP contribution in [0.25, 0.3) is 0 Å². The molecule has 8 nitrogen and oxygen atoms in total. The van der Waals surface area contributed by atoms with Gasteiger partial charge in [0.25, 0.3) is 0 Å². The lowest BCUT2D eigenvalue weighted by Crippen LogP contribution is -2.73. The van der Waals surface area contributed by atoms with Crippen LogP contribution < -0.4 is 10.1 Å². The summed E-state index contributed by atoms with van der Waals surface area (Å²) in [5, 5.41) is 3.20. The molecule has 2 amide bonds. The number of hydrogen-bond donors (Lipinski definition) is 1. The molecule has 0 bridgehead atoms. The van der Waals surface area contributed by atoms with Crippen LogP contribution in [0, 0.1) is 5.92 Å². The van der Waals surface area contributed by atoms with Gasteiger partial charge in [0.05, 0.1) is 12.7 Å². The van der Waals surface area contributed by atoms with E-state index in [1.165, 1.54) is 44.8 Å². The molecule has 1 aliphatic carbocycles. The summed E-state index contributed by atoms with van der Waals surface area (Å²) >= 11 is 0. The number of unbranched alkanes of at least 4 members (excludes halogenated alkanes) is 1. The van der Waals surface area contributed by atoms with E-state index < -0.39 is 5.54 Å². The third kappa shape index (κ3) is 7.71. The van der Waals surface area contributed by atoms with Gasteiger partial charge in [0.15, 0.2) is 0 Å². The van der Waals surface area contributed by atoms with E-state index in [9.17, 15) is 14.4 Å². The number of piperidine rings is 1. The standard InChI is InChI=1S/C34H45N3O5.ClH/c1-3-4-20-37-31(38)30(23-25-8-6-5-7-9-25)35-33(40)34(37)18-21-36(22-19-34)24-26-10-14-28(15-11-26)42-29-16-12-27(13-17-29)32(39)41-2;/h10-17,25,30H,3-9,18-24H2,1-2H3,(H,35,40);1H/t30-;/m0./s1. The van der Waals surface area contributed by atoms with E-state index in [2.05, 4.69) is 29.3 Å². The van der Waals surface area contributed by atoms with Gasteiger partial charge in [-0.3, -0.25) is 14.5 Å². The average Bonchev–Trinajstić information content (AvgIpc) is 3.02. The Morgan fingerprint density at radius 1 is 0.953 bits per heavy atom. The summed E-state index contributed by atoms with van der Waals surface area (Å²) in [7, 11) is 1.36. The van der Waals surface area contributed by atoms with Gasteiger partial charge in [0.2, 0.25) is 11.8 Å². The molecule has 0 aromatic heterocycles. The molecule has 1 spiro atoms. The fourth-order valence-electron chi connectivity index (χ4n) is 6.84. The van der Waals surface area contributed by atoms with Crippen LogP contribution in [0.5, 0.6) is 11.5 Å². The molecule has 234 valence electrons. The highest BCUT2D eigenvalue weighted by atomic mass is 35.5. The van der Waals surface area contributed by atoms with Gasteiger partial charge >= 0.3 is 5.97 Å².